The van der Waals surface area contributed by atoms with Crippen molar-refractivity contribution in [2.24, 2.45) is 18.9 Å². The Kier molecular flexibility index (Phi) is 9.62. The van der Waals surface area contributed by atoms with E-state index < -0.39 is 0 Å². The van der Waals surface area contributed by atoms with Crippen LogP contribution in [0, 0.1) is 18.8 Å². The Balaban J connectivity index is 0.941. The summed E-state index contributed by atoms with van der Waals surface area (Å²) in [7, 11) is 1.94. The highest BCUT2D eigenvalue weighted by Gasteiger charge is 2.32. The molecule has 236 valence electrons. The van der Waals surface area contributed by atoms with Gasteiger partial charge in [0.05, 0.1) is 23.2 Å². The molecule has 2 amide bonds. The maximum absolute atomic E-state index is 12.5. The second kappa shape index (κ2) is 13.6. The van der Waals surface area contributed by atoms with Gasteiger partial charge in [0.25, 0.3) is 0 Å². The Morgan fingerprint density at radius 1 is 1.05 bits per heavy atom. The molecule has 0 radical (unpaired) electrons. The highest BCUT2D eigenvalue weighted by Crippen LogP contribution is 2.35. The minimum absolute atomic E-state index is 0.196. The van der Waals surface area contributed by atoms with Gasteiger partial charge >= 0.3 is 0 Å². The van der Waals surface area contributed by atoms with Crippen LogP contribution in [0.4, 0.5) is 5.69 Å². The van der Waals surface area contributed by atoms with E-state index in [1.807, 2.05) is 11.7 Å². The number of hydrogen-bond donors (Lipinski definition) is 1. The number of imide groups is 1. The van der Waals surface area contributed by atoms with Gasteiger partial charge in [-0.05, 0) is 87.6 Å². The summed E-state index contributed by atoms with van der Waals surface area (Å²) in [5.74, 6) is 1.75. The summed E-state index contributed by atoms with van der Waals surface area (Å²) in [6.07, 6.45) is 8.73. The molecule has 1 aliphatic carbocycles. The van der Waals surface area contributed by atoms with Gasteiger partial charge in [0.1, 0.15) is 5.75 Å². The van der Waals surface area contributed by atoms with Crippen LogP contribution in [0.15, 0.2) is 40.9 Å². The first-order valence-electron chi connectivity index (χ1n) is 16.4. The van der Waals surface area contributed by atoms with E-state index in [2.05, 4.69) is 81.3 Å². The van der Waals surface area contributed by atoms with Gasteiger partial charge in [-0.3, -0.25) is 24.5 Å². The van der Waals surface area contributed by atoms with Gasteiger partial charge in [-0.2, -0.15) is 5.10 Å². The number of benzene rings is 2. The first kappa shape index (κ1) is 31.1. The lowest BCUT2D eigenvalue weighted by atomic mass is 9.83. The number of anilines is 1. The molecule has 0 bridgehead atoms. The number of hydrogen-bond acceptors (Lipinski definition) is 6. The van der Waals surface area contributed by atoms with E-state index in [0.717, 1.165) is 71.8 Å². The number of ether oxygens (including phenoxy) is 1. The molecule has 44 heavy (non-hydrogen) atoms. The van der Waals surface area contributed by atoms with E-state index >= 15 is 0 Å². The molecule has 2 unspecified atom stereocenters. The fraction of sp³-hybridized carbons (Fsp3) is 0.571. The topological polar surface area (TPSA) is 79.7 Å². The molecule has 6 rings (SSSR count). The second-order valence-corrected chi connectivity index (χ2v) is 14.2. The van der Waals surface area contributed by atoms with Gasteiger partial charge in [0, 0.05) is 67.3 Å². The van der Waals surface area contributed by atoms with Crippen LogP contribution in [0.25, 0.3) is 10.9 Å². The maximum Gasteiger partial charge on any atom is 0.235 e. The average Bonchev–Trinajstić information content (AvgIpc) is 3.34. The number of nitrogens with zero attached hydrogens (tertiary/aromatic N) is 4. The molecule has 3 fully saturated rings. The minimum Gasteiger partial charge on any atom is -0.490 e. The molecule has 9 heteroatoms. The van der Waals surface area contributed by atoms with Crippen LogP contribution in [0.3, 0.4) is 0 Å². The maximum atomic E-state index is 12.5. The molecule has 1 saturated carbocycles. The Morgan fingerprint density at radius 2 is 1.82 bits per heavy atom. The largest absolute Gasteiger partial charge is 0.490 e. The van der Waals surface area contributed by atoms with Gasteiger partial charge in [-0.1, -0.05) is 35.3 Å². The molecule has 3 aromatic rings. The zero-order valence-electron chi connectivity index (χ0n) is 26.4. The lowest BCUT2D eigenvalue weighted by molar-refractivity contribution is -0.134. The summed E-state index contributed by atoms with van der Waals surface area (Å²) in [6, 6.07) is 12.7. The van der Waals surface area contributed by atoms with Crippen LogP contribution < -0.4 is 15.0 Å². The molecular weight excluding hydrogens is 618 g/mol. The van der Waals surface area contributed by atoms with Gasteiger partial charge < -0.3 is 9.64 Å². The molecule has 2 aliphatic heterocycles. The van der Waals surface area contributed by atoms with E-state index in [0.29, 0.717) is 24.9 Å². The highest BCUT2D eigenvalue weighted by atomic mass is 79.9. The zero-order valence-corrected chi connectivity index (χ0v) is 27.9. The molecule has 3 heterocycles. The van der Waals surface area contributed by atoms with Crippen molar-refractivity contribution in [3.63, 3.8) is 0 Å². The van der Waals surface area contributed by atoms with Crippen molar-refractivity contribution in [1.82, 2.24) is 20.0 Å². The molecule has 3 aliphatic rings. The molecule has 0 spiro atoms. The third-order valence-electron chi connectivity index (χ3n) is 10.1. The molecular formula is C35H46BrN5O3. The van der Waals surface area contributed by atoms with Crippen LogP contribution in [0.5, 0.6) is 5.75 Å². The van der Waals surface area contributed by atoms with Crippen molar-refractivity contribution >= 4 is 44.3 Å². The number of fused-ring (bicyclic) bond motifs is 1. The van der Waals surface area contributed by atoms with Crippen molar-refractivity contribution in [3.8, 4) is 5.75 Å². The van der Waals surface area contributed by atoms with Crippen LogP contribution in [0.1, 0.15) is 75.5 Å². The highest BCUT2D eigenvalue weighted by molar-refractivity contribution is 9.10. The third kappa shape index (κ3) is 6.99. The van der Waals surface area contributed by atoms with Crippen LogP contribution in [-0.4, -0.2) is 65.3 Å². The number of nitrogens with one attached hydrogen (secondary N) is 1. The van der Waals surface area contributed by atoms with E-state index in [4.69, 9.17) is 9.84 Å². The van der Waals surface area contributed by atoms with Crippen LogP contribution in [0.2, 0.25) is 0 Å². The third-order valence-corrected chi connectivity index (χ3v) is 11.0. The lowest BCUT2D eigenvalue weighted by Crippen LogP contribution is -2.47. The first-order chi connectivity index (χ1) is 21.2. The average molecular weight is 665 g/mol. The lowest BCUT2D eigenvalue weighted by Gasteiger charge is -2.37. The number of carbonyl (C=O) groups excluding carboxylic acids is 2. The number of amides is 2. The van der Waals surface area contributed by atoms with Crippen molar-refractivity contribution in [2.75, 3.05) is 37.6 Å². The molecule has 2 aromatic carbocycles. The van der Waals surface area contributed by atoms with Crippen molar-refractivity contribution in [1.29, 1.82) is 0 Å². The number of aromatic nitrogens is 2. The number of piperidine rings is 1. The number of aryl methyl sites for hydroxylation is 1. The summed E-state index contributed by atoms with van der Waals surface area (Å²) in [5.41, 5.74) is 4.20. The number of carbonyl (C=O) groups is 2. The van der Waals surface area contributed by atoms with Crippen LogP contribution in [-0.2, 0) is 16.6 Å². The molecule has 1 aromatic heterocycles. The first-order valence-corrected chi connectivity index (χ1v) is 17.2. The Bertz CT molecular complexity index is 1490. The SMILES string of the molecule is Cc1c(Br)cccc1OC1CCC(CCC(C)CN2CCN(c3ccc4c(C5CCC(=O)NC5=O)nn(C)c4c3)CC2)CC1. The summed E-state index contributed by atoms with van der Waals surface area (Å²) in [5, 5.41) is 8.18. The van der Waals surface area contributed by atoms with Crippen molar-refractivity contribution in [3.05, 3.63) is 52.1 Å². The quantitative estimate of drug-likeness (QED) is 0.269. The fourth-order valence-electron chi connectivity index (χ4n) is 7.36. The fourth-order valence-corrected chi connectivity index (χ4v) is 7.70. The Labute approximate surface area is 269 Å². The standard InChI is InChI=1S/C35H46BrN5O3/c1-23(7-8-25-9-12-27(13-10-25)44-32-6-4-5-30(36)24(32)2)22-40-17-19-41(20-18-40)26-11-14-28-31(21-26)39(3)38-34(28)29-15-16-33(42)37-35(29)43/h4-6,11,14,21,23,25,27,29H,7-10,12-13,15-20,22H2,1-3H3,(H,37,42,43). The molecule has 8 nitrogen and oxygen atoms in total. The van der Waals surface area contributed by atoms with Gasteiger partial charge in [0.2, 0.25) is 11.8 Å². The van der Waals surface area contributed by atoms with E-state index in [9.17, 15) is 9.59 Å². The van der Waals surface area contributed by atoms with E-state index in [-0.39, 0.29) is 17.7 Å². The zero-order chi connectivity index (χ0) is 30.8. The molecule has 2 atom stereocenters. The van der Waals surface area contributed by atoms with Gasteiger partial charge in [0.15, 0.2) is 0 Å². The van der Waals surface area contributed by atoms with Gasteiger partial charge in [-0.15, -0.1) is 0 Å². The van der Waals surface area contributed by atoms with Gasteiger partial charge in [-0.25, -0.2) is 0 Å². The minimum atomic E-state index is -0.372. The summed E-state index contributed by atoms with van der Waals surface area (Å²) < 4.78 is 9.36. The number of piperazine rings is 1. The van der Waals surface area contributed by atoms with E-state index in [1.54, 1.807) is 0 Å². The summed E-state index contributed by atoms with van der Waals surface area (Å²) in [6.45, 7) is 9.89. The Hall–Kier alpha value is -2.91. The van der Waals surface area contributed by atoms with E-state index in [1.165, 1.54) is 43.5 Å². The molecule has 1 N–H and O–H groups in total. The predicted molar refractivity (Wildman–Crippen MR) is 178 cm³/mol. The van der Waals surface area contributed by atoms with Crippen molar-refractivity contribution in [2.45, 2.75) is 77.2 Å². The number of halogens is 1. The Morgan fingerprint density at radius 3 is 2.57 bits per heavy atom. The monoisotopic (exact) mass is 663 g/mol. The summed E-state index contributed by atoms with van der Waals surface area (Å²) in [4.78, 5) is 29.2. The smallest absolute Gasteiger partial charge is 0.235 e. The molecule has 2 saturated heterocycles. The number of rotatable bonds is 9. The second-order valence-electron chi connectivity index (χ2n) is 13.3. The van der Waals surface area contributed by atoms with Crippen LogP contribution >= 0.6 is 15.9 Å². The summed E-state index contributed by atoms with van der Waals surface area (Å²) >= 11 is 3.62. The normalized spacial score (nSPS) is 24.0. The van der Waals surface area contributed by atoms with Crippen molar-refractivity contribution < 1.29 is 14.3 Å². The predicted octanol–water partition coefficient (Wildman–Crippen LogP) is 6.34.